The van der Waals surface area contributed by atoms with Crippen molar-refractivity contribution >= 4 is 105 Å². The molecule has 0 radical (unpaired) electrons. The molecule has 8 rings (SSSR count). The van der Waals surface area contributed by atoms with Crippen LogP contribution in [0.1, 0.15) is 226 Å². The second-order valence-corrected chi connectivity index (χ2v) is 28.9. The first kappa shape index (κ1) is 84.2. The number of fused-ring (bicyclic) bond motifs is 3. The first-order chi connectivity index (χ1) is 49.5. The summed E-state index contributed by atoms with van der Waals surface area (Å²) in [7, 11) is 1.94. The van der Waals surface area contributed by atoms with Crippen LogP contribution in [0.2, 0.25) is 0 Å². The minimum Gasteiger partial charge on any atom is -0.465 e. The molecule has 0 spiro atoms. The molecule has 1 aliphatic carbocycles. The van der Waals surface area contributed by atoms with Crippen LogP contribution in [0, 0.1) is 0 Å². The minimum atomic E-state index is -0.668. The number of carbonyl (C=O) groups is 6. The summed E-state index contributed by atoms with van der Waals surface area (Å²) in [6.07, 6.45) is 20.8. The molecule has 0 bridgehead atoms. The zero-order valence-corrected chi connectivity index (χ0v) is 65.1. The van der Waals surface area contributed by atoms with E-state index in [0.29, 0.717) is 97.0 Å². The van der Waals surface area contributed by atoms with E-state index < -0.39 is 41.1 Å². The van der Waals surface area contributed by atoms with Crippen LogP contribution >= 0.6 is 0 Å². The Balaban J connectivity index is 0.000000245. The lowest BCUT2D eigenvalue weighted by Gasteiger charge is -2.27. The summed E-state index contributed by atoms with van der Waals surface area (Å²) in [5.74, 6) is 1.25. The van der Waals surface area contributed by atoms with Crippen molar-refractivity contribution in [3.05, 3.63) is 19.0 Å². The number of rotatable bonds is 32. The zero-order valence-electron chi connectivity index (χ0n) is 65.1. The number of hydrogen-bond acceptors (Lipinski definition) is 25. The molecule has 6 aromatic heterocycles. The van der Waals surface area contributed by atoms with Gasteiger partial charge in [0.15, 0.2) is 50.9 Å². The molecule has 31 heteroatoms. The lowest BCUT2D eigenvalue weighted by atomic mass is 9.95. The van der Waals surface area contributed by atoms with Crippen LogP contribution in [0.3, 0.4) is 0 Å². The van der Waals surface area contributed by atoms with Crippen molar-refractivity contribution in [2.24, 2.45) is 0 Å². The van der Waals surface area contributed by atoms with Gasteiger partial charge in [-0.1, -0.05) is 91.9 Å². The number of unbranched alkanes of at least 4 members (excludes halogenated alkanes) is 7. The predicted octanol–water partition coefficient (Wildman–Crippen LogP) is 13.5. The summed E-state index contributed by atoms with van der Waals surface area (Å²) < 4.78 is 42.7. The number of amides is 3. The Morgan fingerprint density at radius 3 is 1.12 bits per heavy atom. The molecule has 1 saturated carbocycles. The van der Waals surface area contributed by atoms with E-state index in [1.54, 1.807) is 53.5 Å². The molecule has 7 heterocycles. The topological polar surface area (TPSA) is 335 Å². The summed E-state index contributed by atoms with van der Waals surface area (Å²) in [5, 5.41) is 7.01. The van der Waals surface area contributed by atoms with Crippen LogP contribution in [0.25, 0.3) is 33.5 Å². The minimum absolute atomic E-state index is 0.0219. The molecule has 2 aliphatic rings. The smallest absolute Gasteiger partial charge is 0.417 e. The number of imidazole rings is 3. The highest BCUT2D eigenvalue weighted by molar-refractivity contribution is 5.93. The quantitative estimate of drug-likeness (QED) is 0.0225. The lowest BCUT2D eigenvalue weighted by molar-refractivity contribution is -0.144. The van der Waals surface area contributed by atoms with E-state index in [1.807, 2.05) is 74.3 Å². The molecule has 0 aromatic carbocycles. The Hall–Kier alpha value is -8.77. The predicted molar refractivity (Wildman–Crippen MR) is 401 cm³/mol. The first-order valence-electron chi connectivity index (χ1n) is 37.5. The second kappa shape index (κ2) is 41.1. The van der Waals surface area contributed by atoms with Crippen molar-refractivity contribution in [1.29, 1.82) is 0 Å². The Bertz CT molecular complexity index is 3530. The summed E-state index contributed by atoms with van der Waals surface area (Å²) in [6, 6.07) is 0.431. The molecule has 6 aromatic rings. The van der Waals surface area contributed by atoms with Crippen LogP contribution < -0.4 is 30.2 Å². The van der Waals surface area contributed by atoms with E-state index in [9.17, 15) is 28.8 Å². The standard InChI is InChI=1S/C25H40N6O4.C24H38N6O5.C24H40N6O4/c1-6-8-12-15-31(24(33)35-25(3,4)5)23-28-21(27-18-13-10-9-11-14-18)20-22(29-23)30(17-26-20)16-19(32)34-7-2;1-6-8-9-12-30(23(32)35-24(3,4)5)22-27-20(26-17-10-13-33-14-11-17)19-21(28-22)29(16-25-19)15-18(31)34-7-2;1-8-11-13-15-30(23(32)34-24(4,5)6)22-26-20(28(7)14-12-9-2)19-21(27-22)29(17-25-19)16-18(31)33-10-3/h17-18H,6-16H2,1-5H3,(H,27,28,29);16-17H,6-15H2,1-5H3,(H,26,27,28);17H,8-16H2,1-7H3. The van der Waals surface area contributed by atoms with E-state index in [-0.39, 0.29) is 68.1 Å². The highest BCUT2D eigenvalue weighted by atomic mass is 16.6. The van der Waals surface area contributed by atoms with Crippen LogP contribution in [-0.2, 0) is 67.2 Å². The molecular weight excluding hydrogens is 1340 g/mol. The molecule has 1 saturated heterocycles. The maximum Gasteiger partial charge on any atom is 0.417 e. The molecule has 3 amide bonds. The van der Waals surface area contributed by atoms with Crippen LogP contribution in [0.5, 0.6) is 0 Å². The second-order valence-electron chi connectivity index (χ2n) is 28.9. The zero-order chi connectivity index (χ0) is 76.2. The Kier molecular flexibility index (Phi) is 33.2. The molecule has 2 N–H and O–H groups in total. The van der Waals surface area contributed by atoms with E-state index in [0.717, 1.165) is 116 Å². The molecule has 2 fully saturated rings. The van der Waals surface area contributed by atoms with Crippen molar-refractivity contribution in [1.82, 2.24) is 58.6 Å². The van der Waals surface area contributed by atoms with Gasteiger partial charge in [-0.3, -0.25) is 14.4 Å². The van der Waals surface area contributed by atoms with Gasteiger partial charge in [0.25, 0.3) is 0 Å². The number of carbonyl (C=O) groups excluding carboxylic acids is 6. The van der Waals surface area contributed by atoms with E-state index in [1.165, 1.54) is 21.1 Å². The van der Waals surface area contributed by atoms with Crippen LogP contribution in [0.15, 0.2) is 19.0 Å². The lowest BCUT2D eigenvalue weighted by Crippen LogP contribution is -2.39. The van der Waals surface area contributed by atoms with E-state index in [2.05, 4.69) is 63.2 Å². The fourth-order valence-corrected chi connectivity index (χ4v) is 11.3. The van der Waals surface area contributed by atoms with Gasteiger partial charge < -0.3 is 62.4 Å². The number of esters is 3. The SMILES string of the molecule is CCCCCN(C(=O)OC(C)(C)C)c1nc(N(C)CCCC)c2ncn(CC(=O)OCC)c2n1.CCCCCN(C(=O)OC(C)(C)C)c1nc(NC2CCCCC2)c2ncn(CC(=O)OCC)c2n1.CCCCCN(C(=O)OC(C)(C)C)c1nc(NC2CCOCC2)c2ncn(CC(=O)OCC)c2n1. The van der Waals surface area contributed by atoms with Gasteiger partial charge in [-0.05, 0) is 134 Å². The van der Waals surface area contributed by atoms with E-state index >= 15 is 0 Å². The van der Waals surface area contributed by atoms with Crippen LogP contribution in [0.4, 0.5) is 49.7 Å². The monoisotopic (exact) mass is 1450 g/mol. The molecule has 0 unspecified atom stereocenters. The number of nitrogens with one attached hydrogen (secondary N) is 2. The van der Waals surface area contributed by atoms with Gasteiger partial charge in [-0.2, -0.15) is 29.9 Å². The normalized spacial score (nSPS) is 13.6. The molecular formula is C73H118N18O13. The van der Waals surface area contributed by atoms with Crippen molar-refractivity contribution in [2.45, 2.75) is 275 Å². The fourth-order valence-electron chi connectivity index (χ4n) is 11.3. The van der Waals surface area contributed by atoms with Crippen molar-refractivity contribution in [3.63, 3.8) is 0 Å². The third-order valence-electron chi connectivity index (χ3n) is 16.4. The fraction of sp³-hybridized carbons (Fsp3) is 0.712. The summed E-state index contributed by atoms with van der Waals surface area (Å²) in [4.78, 5) is 124. The number of ether oxygens (including phenoxy) is 7. The maximum absolute atomic E-state index is 13.2. The third kappa shape index (κ3) is 26.4. The number of nitrogens with zero attached hydrogens (tertiary/aromatic N) is 16. The van der Waals surface area contributed by atoms with Gasteiger partial charge in [-0.15, -0.1) is 0 Å². The van der Waals surface area contributed by atoms with Crippen molar-refractivity contribution in [2.75, 3.05) is 96.5 Å². The van der Waals surface area contributed by atoms with Gasteiger partial charge >= 0.3 is 36.2 Å². The Labute approximate surface area is 613 Å². The van der Waals surface area contributed by atoms with Crippen molar-refractivity contribution < 1.29 is 61.9 Å². The average molecular weight is 1460 g/mol. The molecule has 578 valence electrons. The van der Waals surface area contributed by atoms with E-state index in [4.69, 9.17) is 53.1 Å². The highest BCUT2D eigenvalue weighted by Gasteiger charge is 2.32. The van der Waals surface area contributed by atoms with Gasteiger partial charge in [0, 0.05) is 58.5 Å². The third-order valence-corrected chi connectivity index (χ3v) is 16.4. The average Bonchev–Trinajstić information content (AvgIpc) is 1.58. The Morgan fingerprint density at radius 1 is 0.442 bits per heavy atom. The maximum atomic E-state index is 13.2. The first-order valence-corrected chi connectivity index (χ1v) is 37.5. The molecule has 1 aliphatic heterocycles. The molecule has 31 nitrogen and oxygen atoms in total. The highest BCUT2D eigenvalue weighted by Crippen LogP contribution is 2.32. The number of anilines is 6. The van der Waals surface area contributed by atoms with Crippen molar-refractivity contribution in [3.8, 4) is 0 Å². The summed E-state index contributed by atoms with van der Waals surface area (Å²) in [5.41, 5.74) is 1.09. The van der Waals surface area contributed by atoms with Gasteiger partial charge in [0.2, 0.25) is 17.8 Å². The van der Waals surface area contributed by atoms with Gasteiger partial charge in [0.1, 0.15) is 36.4 Å². The summed E-state index contributed by atoms with van der Waals surface area (Å²) >= 11 is 0. The summed E-state index contributed by atoms with van der Waals surface area (Å²) in [6.45, 7) is 34.4. The van der Waals surface area contributed by atoms with Gasteiger partial charge in [-0.25, -0.2) is 44.0 Å². The largest absolute Gasteiger partial charge is 0.465 e. The molecule has 0 atom stereocenters. The number of hydrogen-bond donors (Lipinski definition) is 2. The van der Waals surface area contributed by atoms with Gasteiger partial charge in [0.05, 0.1) is 38.8 Å². The number of aromatic nitrogens is 12. The van der Waals surface area contributed by atoms with Crippen LogP contribution in [-0.4, -0.2) is 190 Å². The Morgan fingerprint density at radius 2 is 0.779 bits per heavy atom. The molecule has 104 heavy (non-hydrogen) atoms.